The lowest BCUT2D eigenvalue weighted by Crippen LogP contribution is -2.17. The number of benzene rings is 2. The Labute approximate surface area is 140 Å². The average Bonchev–Trinajstić information content (AvgIpc) is 2.99. The fourth-order valence-corrected chi connectivity index (χ4v) is 3.57. The monoisotopic (exact) mass is 305 g/mol. The lowest BCUT2D eigenvalue weighted by molar-refractivity contribution is 0.503. The lowest BCUT2D eigenvalue weighted by atomic mass is 9.84. The zero-order chi connectivity index (χ0) is 16.3. The number of aliphatic imine (C=N–C) groups is 1. The third kappa shape index (κ3) is 3.72. The molecule has 0 bridgehead atoms. The van der Waals surface area contributed by atoms with E-state index in [0.717, 1.165) is 19.3 Å². The highest BCUT2D eigenvalue weighted by Gasteiger charge is 2.34. The molecule has 0 unspecified atom stereocenters. The van der Waals surface area contributed by atoms with Gasteiger partial charge in [-0.3, -0.25) is 4.99 Å². The fraction of sp³-hybridized carbons (Fsp3) is 0.409. The molecule has 1 aliphatic rings. The summed E-state index contributed by atoms with van der Waals surface area (Å²) in [4.78, 5) is 5.09. The molecule has 0 N–H and O–H groups in total. The third-order valence-corrected chi connectivity index (χ3v) is 5.18. The quantitative estimate of drug-likeness (QED) is 0.659. The molecule has 1 fully saturated rings. The van der Waals surface area contributed by atoms with Gasteiger partial charge in [0.1, 0.15) is 0 Å². The molecule has 0 spiro atoms. The van der Waals surface area contributed by atoms with Crippen molar-refractivity contribution in [1.29, 1.82) is 0 Å². The number of rotatable bonds is 4. The fourth-order valence-electron chi connectivity index (χ4n) is 3.57. The van der Waals surface area contributed by atoms with Crippen LogP contribution in [-0.2, 0) is 0 Å². The summed E-state index contributed by atoms with van der Waals surface area (Å²) in [7, 11) is 0. The predicted molar refractivity (Wildman–Crippen MR) is 99.4 cm³/mol. The van der Waals surface area contributed by atoms with Crippen LogP contribution in [0.1, 0.15) is 63.0 Å². The number of nitrogens with zero attached hydrogens (tertiary/aromatic N) is 1. The normalized spacial score (nSPS) is 23.3. The van der Waals surface area contributed by atoms with Gasteiger partial charge in [0.05, 0.1) is 5.54 Å². The second kappa shape index (κ2) is 6.70. The summed E-state index contributed by atoms with van der Waals surface area (Å²) in [5.74, 6) is 1.09. The van der Waals surface area contributed by atoms with E-state index in [1.165, 1.54) is 16.8 Å². The molecule has 2 aromatic carbocycles. The Bertz CT molecular complexity index is 605. The first-order valence-corrected chi connectivity index (χ1v) is 8.76. The van der Waals surface area contributed by atoms with E-state index in [4.69, 9.17) is 4.99 Å². The molecule has 2 atom stereocenters. The molecule has 1 nitrogen and oxygen atoms in total. The van der Waals surface area contributed by atoms with E-state index in [9.17, 15) is 0 Å². The first-order valence-electron chi connectivity index (χ1n) is 8.76. The Morgan fingerprint density at radius 1 is 0.826 bits per heavy atom. The maximum Gasteiger partial charge on any atom is 0.0548 e. The Morgan fingerprint density at radius 3 is 1.65 bits per heavy atom. The third-order valence-electron chi connectivity index (χ3n) is 5.18. The molecule has 0 aromatic heterocycles. The molecule has 3 rings (SSSR count). The van der Waals surface area contributed by atoms with Crippen LogP contribution in [0, 0.1) is 0 Å². The van der Waals surface area contributed by atoms with Crippen molar-refractivity contribution in [1.82, 2.24) is 0 Å². The van der Waals surface area contributed by atoms with Crippen molar-refractivity contribution in [2.45, 2.75) is 57.4 Å². The van der Waals surface area contributed by atoms with E-state index in [-0.39, 0.29) is 5.54 Å². The van der Waals surface area contributed by atoms with E-state index in [1.807, 2.05) is 0 Å². The maximum atomic E-state index is 5.09. The summed E-state index contributed by atoms with van der Waals surface area (Å²) in [6.45, 7) is 6.71. The van der Waals surface area contributed by atoms with Crippen LogP contribution in [0.5, 0.6) is 0 Å². The minimum absolute atomic E-state index is 0.0577. The van der Waals surface area contributed by atoms with Crippen LogP contribution >= 0.6 is 0 Å². The standard InChI is InChI=1S/C22H27N/c1-4-22(2,3)23-19-15-20(17-11-7-5-8-12-17)21(16-19)18-13-9-6-10-14-18/h5-14,20-21H,4,15-16H2,1-3H3/t20-,21+. The summed E-state index contributed by atoms with van der Waals surface area (Å²) in [5.41, 5.74) is 4.34. The summed E-state index contributed by atoms with van der Waals surface area (Å²) in [6, 6.07) is 21.9. The van der Waals surface area contributed by atoms with Gasteiger partial charge in [0.25, 0.3) is 0 Å². The smallest absolute Gasteiger partial charge is 0.0548 e. The van der Waals surface area contributed by atoms with Crippen LogP contribution in [0.3, 0.4) is 0 Å². The molecule has 1 saturated carbocycles. The topological polar surface area (TPSA) is 12.4 Å². The molecular formula is C22H27N. The Hall–Kier alpha value is -1.89. The van der Waals surface area contributed by atoms with Gasteiger partial charge < -0.3 is 0 Å². The first-order chi connectivity index (χ1) is 11.1. The van der Waals surface area contributed by atoms with Crippen molar-refractivity contribution in [3.63, 3.8) is 0 Å². The van der Waals surface area contributed by atoms with Gasteiger partial charge in [-0.1, -0.05) is 67.6 Å². The van der Waals surface area contributed by atoms with E-state index < -0.39 is 0 Å². The largest absolute Gasteiger partial charge is 0.288 e. The minimum Gasteiger partial charge on any atom is -0.288 e. The Kier molecular flexibility index (Phi) is 4.66. The molecule has 0 radical (unpaired) electrons. The van der Waals surface area contributed by atoms with Gasteiger partial charge in [-0.2, -0.15) is 0 Å². The minimum atomic E-state index is 0.0577. The molecule has 0 heterocycles. The lowest BCUT2D eigenvalue weighted by Gasteiger charge is -2.19. The van der Waals surface area contributed by atoms with E-state index in [1.54, 1.807) is 0 Å². The molecule has 0 saturated heterocycles. The molecule has 1 heteroatoms. The van der Waals surface area contributed by atoms with Gasteiger partial charge in [-0.05, 0) is 56.1 Å². The highest BCUT2D eigenvalue weighted by atomic mass is 14.9. The summed E-state index contributed by atoms with van der Waals surface area (Å²) in [6.07, 6.45) is 3.27. The Morgan fingerprint density at radius 2 is 1.26 bits per heavy atom. The van der Waals surface area contributed by atoms with Gasteiger partial charge >= 0.3 is 0 Å². The van der Waals surface area contributed by atoms with Gasteiger partial charge in [0.15, 0.2) is 0 Å². The highest BCUT2D eigenvalue weighted by Crippen LogP contribution is 2.45. The van der Waals surface area contributed by atoms with Gasteiger partial charge in [-0.15, -0.1) is 0 Å². The van der Waals surface area contributed by atoms with Crippen LogP contribution in [0.2, 0.25) is 0 Å². The van der Waals surface area contributed by atoms with Gasteiger partial charge in [0, 0.05) is 5.71 Å². The molecule has 0 aliphatic heterocycles. The van der Waals surface area contributed by atoms with Crippen LogP contribution in [0.25, 0.3) is 0 Å². The van der Waals surface area contributed by atoms with Crippen LogP contribution in [0.15, 0.2) is 65.7 Å². The van der Waals surface area contributed by atoms with Gasteiger partial charge in [0.2, 0.25) is 0 Å². The highest BCUT2D eigenvalue weighted by molar-refractivity contribution is 5.89. The van der Waals surface area contributed by atoms with Gasteiger partial charge in [-0.25, -0.2) is 0 Å². The van der Waals surface area contributed by atoms with Crippen LogP contribution in [-0.4, -0.2) is 11.3 Å². The number of hydrogen-bond acceptors (Lipinski definition) is 1. The zero-order valence-corrected chi connectivity index (χ0v) is 14.5. The SMILES string of the molecule is CCC(C)(C)N=C1C[C@H](c2ccccc2)[C@H](c2ccccc2)C1. The van der Waals surface area contributed by atoms with Crippen LogP contribution in [0.4, 0.5) is 0 Å². The second-order valence-electron chi connectivity index (χ2n) is 7.29. The molecule has 120 valence electrons. The van der Waals surface area contributed by atoms with E-state index in [0.29, 0.717) is 11.8 Å². The Balaban J connectivity index is 1.95. The average molecular weight is 305 g/mol. The summed E-state index contributed by atoms with van der Waals surface area (Å²) < 4.78 is 0. The molecule has 2 aromatic rings. The zero-order valence-electron chi connectivity index (χ0n) is 14.5. The van der Waals surface area contributed by atoms with Crippen molar-refractivity contribution >= 4 is 5.71 Å². The van der Waals surface area contributed by atoms with Crippen LogP contribution < -0.4 is 0 Å². The first kappa shape index (κ1) is 16.0. The van der Waals surface area contributed by atoms with E-state index in [2.05, 4.69) is 81.4 Å². The van der Waals surface area contributed by atoms with E-state index >= 15 is 0 Å². The molecule has 1 aliphatic carbocycles. The molecule has 23 heavy (non-hydrogen) atoms. The summed E-state index contributed by atoms with van der Waals surface area (Å²) in [5, 5.41) is 0. The number of hydrogen-bond donors (Lipinski definition) is 0. The molecule has 0 amide bonds. The van der Waals surface area contributed by atoms with Crippen molar-refractivity contribution in [3.8, 4) is 0 Å². The van der Waals surface area contributed by atoms with Crippen molar-refractivity contribution in [2.75, 3.05) is 0 Å². The second-order valence-corrected chi connectivity index (χ2v) is 7.29. The van der Waals surface area contributed by atoms with Crippen molar-refractivity contribution < 1.29 is 0 Å². The maximum absolute atomic E-state index is 5.09. The molecular weight excluding hydrogens is 278 g/mol. The predicted octanol–water partition coefficient (Wildman–Crippen LogP) is 5.98. The summed E-state index contributed by atoms with van der Waals surface area (Å²) >= 11 is 0. The van der Waals surface area contributed by atoms with Crippen molar-refractivity contribution in [2.24, 2.45) is 4.99 Å². The van der Waals surface area contributed by atoms with Crippen molar-refractivity contribution in [3.05, 3.63) is 71.8 Å².